The topological polar surface area (TPSA) is 41.1 Å². The summed E-state index contributed by atoms with van der Waals surface area (Å²) in [4.78, 5) is 13.0. The number of aryl methyl sites for hydroxylation is 2. The van der Waals surface area contributed by atoms with E-state index in [2.05, 4.69) is 10.6 Å². The van der Waals surface area contributed by atoms with Gasteiger partial charge < -0.3 is 10.6 Å². The Morgan fingerprint density at radius 3 is 2.52 bits per heavy atom. The number of piperidine rings is 1. The van der Waals surface area contributed by atoms with E-state index in [0.717, 1.165) is 22.6 Å². The Bertz CT molecular complexity index is 1200. The molecule has 1 amide bonds. The summed E-state index contributed by atoms with van der Waals surface area (Å²) in [5.41, 5.74) is 2.95. The molecule has 1 saturated heterocycles. The molecule has 3 nitrogen and oxygen atoms in total. The second-order valence-electron chi connectivity index (χ2n) is 8.53. The molecule has 3 aromatic carbocycles. The normalized spacial score (nSPS) is 21.3. The van der Waals surface area contributed by atoms with Crippen LogP contribution in [0.3, 0.4) is 0 Å². The van der Waals surface area contributed by atoms with Crippen molar-refractivity contribution in [3.8, 4) is 0 Å². The van der Waals surface area contributed by atoms with Gasteiger partial charge in [-0.2, -0.15) is 0 Å². The Hall–Kier alpha value is -2.47. The molecule has 1 spiro atoms. The van der Waals surface area contributed by atoms with Crippen molar-refractivity contribution in [1.82, 2.24) is 5.32 Å². The molecule has 2 N–H and O–H groups in total. The molecule has 33 heavy (non-hydrogen) atoms. The summed E-state index contributed by atoms with van der Waals surface area (Å²) in [5, 5.41) is 6.98. The minimum Gasteiger partial charge on any atom is -0.325 e. The number of rotatable bonds is 1. The number of nitrogens with one attached hydrogen (secondary N) is 2. The molecular weight excluding hydrogens is 465 g/mol. The van der Waals surface area contributed by atoms with Crippen LogP contribution in [0.5, 0.6) is 0 Å². The van der Waals surface area contributed by atoms with Gasteiger partial charge in [-0.05, 0) is 91.9 Å². The van der Waals surface area contributed by atoms with Crippen molar-refractivity contribution in [2.45, 2.75) is 38.1 Å². The second kappa shape index (κ2) is 9.41. The van der Waals surface area contributed by atoms with Gasteiger partial charge in [-0.1, -0.05) is 41.4 Å². The van der Waals surface area contributed by atoms with E-state index in [1.807, 2.05) is 38.1 Å². The maximum Gasteiger partial charge on any atom is 0.237 e. The van der Waals surface area contributed by atoms with Gasteiger partial charge >= 0.3 is 0 Å². The predicted octanol–water partition coefficient (Wildman–Crippen LogP) is 6.89. The van der Waals surface area contributed by atoms with Crippen LogP contribution in [-0.2, 0) is 10.2 Å². The summed E-state index contributed by atoms with van der Waals surface area (Å²) >= 11 is 11.5. The highest BCUT2D eigenvalue weighted by Gasteiger charge is 2.54. The van der Waals surface area contributed by atoms with Gasteiger partial charge in [0.15, 0.2) is 0 Å². The van der Waals surface area contributed by atoms with Crippen molar-refractivity contribution in [3.63, 3.8) is 0 Å². The number of hydrogen-bond acceptors (Lipinski definition) is 2. The van der Waals surface area contributed by atoms with E-state index in [9.17, 15) is 13.6 Å². The summed E-state index contributed by atoms with van der Waals surface area (Å²) in [6.07, 6.45) is 1.32. The van der Waals surface area contributed by atoms with Crippen LogP contribution in [0.4, 0.5) is 14.5 Å². The van der Waals surface area contributed by atoms with Gasteiger partial charge in [0.25, 0.3) is 0 Å². The van der Waals surface area contributed by atoms with E-state index in [4.69, 9.17) is 23.2 Å². The lowest BCUT2D eigenvalue weighted by molar-refractivity contribution is -0.123. The van der Waals surface area contributed by atoms with Crippen LogP contribution in [0.15, 0.2) is 54.6 Å². The van der Waals surface area contributed by atoms with Crippen LogP contribution in [-0.4, -0.2) is 12.5 Å². The number of hydrogen-bond donors (Lipinski definition) is 2. The molecule has 0 aromatic heterocycles. The Labute approximate surface area is 202 Å². The minimum atomic E-state index is -0.975. The molecule has 0 radical (unpaired) electrons. The first-order valence-corrected chi connectivity index (χ1v) is 11.5. The number of carbonyl (C=O) groups excluding carboxylic acids is 1. The fourth-order valence-electron chi connectivity index (χ4n) is 4.75. The third-order valence-corrected chi connectivity index (χ3v) is 6.84. The number of benzene rings is 3. The largest absolute Gasteiger partial charge is 0.325 e. The zero-order valence-corrected chi connectivity index (χ0v) is 19.8. The quantitative estimate of drug-likeness (QED) is 0.391. The Morgan fingerprint density at radius 2 is 1.82 bits per heavy atom. The van der Waals surface area contributed by atoms with Crippen molar-refractivity contribution < 1.29 is 13.6 Å². The van der Waals surface area contributed by atoms with Gasteiger partial charge in [-0.3, -0.25) is 4.79 Å². The summed E-state index contributed by atoms with van der Waals surface area (Å²) in [7, 11) is 0. The number of amides is 1. The standard InChI is InChI=1S/C19H17ClF2N2O.C7H7Cl/c1-10-3-4-11(21)7-12(10)17-19(5-2-6-23-17)13-8-15(22)14(20)9-16(13)24-18(19)25;1-6-3-2-4-7(8)5-6/h3-4,7-9,17,23H,2,5-6H2,1H3,(H,24,25);2-5H,1H3/t17-,19-;/m1./s1. The molecule has 2 aliphatic rings. The van der Waals surface area contributed by atoms with Crippen LogP contribution in [0, 0.1) is 25.5 Å². The summed E-state index contributed by atoms with van der Waals surface area (Å²) in [6, 6.07) is 14.7. The number of fused-ring (bicyclic) bond motifs is 2. The molecule has 0 unspecified atom stereocenters. The highest BCUT2D eigenvalue weighted by Crippen LogP contribution is 2.52. The van der Waals surface area contributed by atoms with Gasteiger partial charge in [0.2, 0.25) is 5.91 Å². The zero-order valence-electron chi connectivity index (χ0n) is 18.3. The van der Waals surface area contributed by atoms with Gasteiger partial charge in [0.05, 0.1) is 16.5 Å². The maximum atomic E-state index is 14.2. The van der Waals surface area contributed by atoms with Crippen LogP contribution in [0.2, 0.25) is 10.0 Å². The smallest absolute Gasteiger partial charge is 0.237 e. The molecule has 2 aliphatic heterocycles. The van der Waals surface area contributed by atoms with Crippen molar-refractivity contribution in [3.05, 3.63) is 98.5 Å². The third kappa shape index (κ3) is 4.50. The first-order valence-electron chi connectivity index (χ1n) is 10.7. The lowest BCUT2D eigenvalue weighted by atomic mass is 9.67. The van der Waals surface area contributed by atoms with Crippen LogP contribution in [0.1, 0.15) is 41.1 Å². The molecule has 5 rings (SSSR count). The highest BCUT2D eigenvalue weighted by atomic mass is 35.5. The van der Waals surface area contributed by atoms with Crippen LogP contribution >= 0.6 is 23.2 Å². The second-order valence-corrected chi connectivity index (χ2v) is 9.37. The molecule has 0 saturated carbocycles. The van der Waals surface area contributed by atoms with Crippen LogP contribution < -0.4 is 10.6 Å². The van der Waals surface area contributed by atoms with E-state index in [1.54, 1.807) is 6.07 Å². The molecule has 0 bridgehead atoms. The van der Waals surface area contributed by atoms with E-state index < -0.39 is 17.3 Å². The zero-order chi connectivity index (χ0) is 23.8. The SMILES string of the molecule is Cc1ccc(F)cc1[C@H]1NCCC[C@]12C(=O)Nc1cc(Cl)c(F)cc12.Cc1cccc(Cl)c1. The van der Waals surface area contributed by atoms with E-state index in [-0.39, 0.29) is 16.7 Å². The lowest BCUT2D eigenvalue weighted by Gasteiger charge is -2.41. The monoisotopic (exact) mass is 488 g/mol. The van der Waals surface area contributed by atoms with Crippen LogP contribution in [0.25, 0.3) is 0 Å². The number of carbonyl (C=O) groups is 1. The first kappa shape index (κ1) is 23.7. The maximum absolute atomic E-state index is 14.2. The minimum absolute atomic E-state index is 0.0293. The van der Waals surface area contributed by atoms with E-state index in [0.29, 0.717) is 24.2 Å². The van der Waals surface area contributed by atoms with Crippen molar-refractivity contribution >= 4 is 34.8 Å². The molecule has 172 valence electrons. The Kier molecular flexibility index (Phi) is 6.76. The Morgan fingerprint density at radius 1 is 1.03 bits per heavy atom. The molecular formula is C26H24Cl2F2N2O. The molecule has 7 heteroatoms. The molecule has 0 aliphatic carbocycles. The fraction of sp³-hybridized carbons (Fsp3) is 0.269. The van der Waals surface area contributed by atoms with Gasteiger partial charge in [-0.25, -0.2) is 8.78 Å². The third-order valence-electron chi connectivity index (χ3n) is 6.32. The predicted molar refractivity (Wildman–Crippen MR) is 129 cm³/mol. The van der Waals surface area contributed by atoms with E-state index in [1.165, 1.54) is 29.8 Å². The fourth-order valence-corrected chi connectivity index (χ4v) is 5.15. The van der Waals surface area contributed by atoms with E-state index >= 15 is 0 Å². The van der Waals surface area contributed by atoms with Crippen molar-refractivity contribution in [2.24, 2.45) is 0 Å². The first-order chi connectivity index (χ1) is 15.7. The molecule has 1 fully saturated rings. The molecule has 2 atom stereocenters. The molecule has 2 heterocycles. The van der Waals surface area contributed by atoms with Crippen molar-refractivity contribution in [2.75, 3.05) is 11.9 Å². The van der Waals surface area contributed by atoms with Gasteiger partial charge in [0, 0.05) is 10.7 Å². The summed E-state index contributed by atoms with van der Waals surface area (Å²) in [5.74, 6) is -1.12. The van der Waals surface area contributed by atoms with Crippen molar-refractivity contribution in [1.29, 1.82) is 0 Å². The number of halogens is 4. The summed E-state index contributed by atoms with van der Waals surface area (Å²) in [6.45, 7) is 4.61. The Balaban J connectivity index is 0.000000275. The number of anilines is 1. The average Bonchev–Trinajstić information content (AvgIpc) is 3.02. The summed E-state index contributed by atoms with van der Waals surface area (Å²) < 4.78 is 28.0. The van der Waals surface area contributed by atoms with Gasteiger partial charge in [-0.15, -0.1) is 0 Å². The van der Waals surface area contributed by atoms with Gasteiger partial charge in [0.1, 0.15) is 11.6 Å². The average molecular weight is 489 g/mol. The molecule has 3 aromatic rings. The lowest BCUT2D eigenvalue weighted by Crippen LogP contribution is -2.50. The highest BCUT2D eigenvalue weighted by molar-refractivity contribution is 6.31.